The Hall–Kier alpha value is -1.10. The Labute approximate surface area is 84.0 Å². The quantitative estimate of drug-likeness (QED) is 0.584. The smallest absolute Gasteiger partial charge is 0.325 e. The predicted octanol–water partition coefficient (Wildman–Crippen LogP) is -0.207. The van der Waals surface area contributed by atoms with Crippen molar-refractivity contribution < 1.29 is 14.3 Å². The van der Waals surface area contributed by atoms with E-state index in [1.54, 1.807) is 0 Å². The first-order valence-electron chi connectivity index (χ1n) is 4.72. The molecule has 0 rings (SSSR count). The molecule has 5 heteroatoms. The van der Waals surface area contributed by atoms with Gasteiger partial charge in [-0.1, -0.05) is 19.8 Å². The normalized spacial score (nSPS) is 11.9. The SMILES string of the molecule is CCCCC(N)C(=O)NCC(=O)OC. The summed E-state index contributed by atoms with van der Waals surface area (Å²) in [5.41, 5.74) is 5.57. The van der Waals surface area contributed by atoms with Crippen molar-refractivity contribution in [3.63, 3.8) is 0 Å². The van der Waals surface area contributed by atoms with Gasteiger partial charge in [-0.25, -0.2) is 0 Å². The van der Waals surface area contributed by atoms with Crippen LogP contribution in [0.5, 0.6) is 0 Å². The number of hydrogen-bond donors (Lipinski definition) is 2. The fourth-order valence-corrected chi connectivity index (χ4v) is 0.918. The highest BCUT2D eigenvalue weighted by molar-refractivity contribution is 5.85. The Morgan fingerprint density at radius 1 is 1.50 bits per heavy atom. The number of nitrogens with two attached hydrogens (primary N) is 1. The van der Waals surface area contributed by atoms with Crippen molar-refractivity contribution in [2.75, 3.05) is 13.7 Å². The zero-order valence-corrected chi connectivity index (χ0v) is 8.71. The summed E-state index contributed by atoms with van der Waals surface area (Å²) in [7, 11) is 1.27. The van der Waals surface area contributed by atoms with E-state index >= 15 is 0 Å². The first-order valence-corrected chi connectivity index (χ1v) is 4.72. The number of carbonyl (C=O) groups excluding carboxylic acids is 2. The van der Waals surface area contributed by atoms with E-state index in [-0.39, 0.29) is 12.5 Å². The Kier molecular flexibility index (Phi) is 6.74. The second-order valence-corrected chi connectivity index (χ2v) is 3.04. The molecule has 0 saturated heterocycles. The predicted molar refractivity (Wildman–Crippen MR) is 52.5 cm³/mol. The zero-order chi connectivity index (χ0) is 11.0. The number of carbonyl (C=O) groups is 2. The lowest BCUT2D eigenvalue weighted by atomic mass is 10.1. The van der Waals surface area contributed by atoms with Crippen LogP contribution in [0.25, 0.3) is 0 Å². The molecule has 0 heterocycles. The maximum atomic E-state index is 11.2. The summed E-state index contributed by atoms with van der Waals surface area (Å²) in [5, 5.41) is 2.40. The number of esters is 1. The van der Waals surface area contributed by atoms with Crippen LogP contribution in [-0.2, 0) is 14.3 Å². The highest BCUT2D eigenvalue weighted by atomic mass is 16.5. The van der Waals surface area contributed by atoms with Gasteiger partial charge >= 0.3 is 5.97 Å². The molecule has 1 amide bonds. The molecule has 1 atom stereocenters. The maximum absolute atomic E-state index is 11.2. The fraction of sp³-hybridized carbons (Fsp3) is 0.778. The van der Waals surface area contributed by atoms with Crippen molar-refractivity contribution in [3.8, 4) is 0 Å². The van der Waals surface area contributed by atoms with E-state index in [0.29, 0.717) is 6.42 Å². The van der Waals surface area contributed by atoms with E-state index in [1.807, 2.05) is 6.92 Å². The number of unbranched alkanes of at least 4 members (excludes halogenated alkanes) is 1. The summed E-state index contributed by atoms with van der Waals surface area (Å²) in [5.74, 6) is -0.773. The molecule has 82 valence electrons. The summed E-state index contributed by atoms with van der Waals surface area (Å²) in [6.45, 7) is 1.91. The highest BCUT2D eigenvalue weighted by Gasteiger charge is 2.13. The Morgan fingerprint density at radius 3 is 2.64 bits per heavy atom. The van der Waals surface area contributed by atoms with E-state index in [1.165, 1.54) is 7.11 Å². The number of ether oxygens (including phenoxy) is 1. The second kappa shape index (κ2) is 7.32. The van der Waals surface area contributed by atoms with Crippen LogP contribution in [0, 0.1) is 0 Å². The molecule has 0 aromatic carbocycles. The third kappa shape index (κ3) is 5.53. The molecular formula is C9H18N2O3. The molecular weight excluding hydrogens is 184 g/mol. The number of rotatable bonds is 6. The van der Waals surface area contributed by atoms with Crippen LogP contribution in [-0.4, -0.2) is 31.6 Å². The Morgan fingerprint density at radius 2 is 2.14 bits per heavy atom. The van der Waals surface area contributed by atoms with Crippen molar-refractivity contribution in [3.05, 3.63) is 0 Å². The van der Waals surface area contributed by atoms with Gasteiger partial charge in [0.25, 0.3) is 0 Å². The third-order valence-electron chi connectivity index (χ3n) is 1.84. The van der Waals surface area contributed by atoms with Crippen LogP contribution in [0.15, 0.2) is 0 Å². The van der Waals surface area contributed by atoms with Crippen molar-refractivity contribution >= 4 is 11.9 Å². The van der Waals surface area contributed by atoms with E-state index in [2.05, 4.69) is 10.1 Å². The first kappa shape index (κ1) is 12.9. The average molecular weight is 202 g/mol. The van der Waals surface area contributed by atoms with E-state index in [9.17, 15) is 9.59 Å². The van der Waals surface area contributed by atoms with Gasteiger partial charge in [-0.2, -0.15) is 0 Å². The summed E-state index contributed by atoms with van der Waals surface area (Å²) in [6, 6.07) is -0.528. The number of methoxy groups -OCH3 is 1. The summed E-state index contributed by atoms with van der Waals surface area (Å²) < 4.78 is 4.37. The van der Waals surface area contributed by atoms with Gasteiger partial charge in [-0.05, 0) is 6.42 Å². The molecule has 0 spiro atoms. The van der Waals surface area contributed by atoms with E-state index in [0.717, 1.165) is 12.8 Å². The van der Waals surface area contributed by atoms with E-state index in [4.69, 9.17) is 5.73 Å². The topological polar surface area (TPSA) is 81.4 Å². The summed E-state index contributed by atoms with van der Waals surface area (Å²) >= 11 is 0. The lowest BCUT2D eigenvalue weighted by Gasteiger charge is -2.10. The van der Waals surface area contributed by atoms with Crippen molar-refractivity contribution in [1.29, 1.82) is 0 Å². The van der Waals surface area contributed by atoms with Crippen LogP contribution in [0.2, 0.25) is 0 Å². The summed E-state index contributed by atoms with van der Waals surface area (Å²) in [6.07, 6.45) is 2.55. The molecule has 1 unspecified atom stereocenters. The minimum Gasteiger partial charge on any atom is -0.468 e. The van der Waals surface area contributed by atoms with Gasteiger partial charge in [0.1, 0.15) is 6.54 Å². The molecule has 0 aliphatic heterocycles. The lowest BCUT2D eigenvalue weighted by molar-refractivity contribution is -0.141. The average Bonchev–Trinajstić information content (AvgIpc) is 2.21. The molecule has 0 bridgehead atoms. The van der Waals surface area contributed by atoms with Gasteiger partial charge in [0.05, 0.1) is 13.2 Å². The molecule has 0 radical (unpaired) electrons. The van der Waals surface area contributed by atoms with Gasteiger partial charge in [-0.15, -0.1) is 0 Å². The van der Waals surface area contributed by atoms with Crippen molar-refractivity contribution in [2.24, 2.45) is 5.73 Å². The highest BCUT2D eigenvalue weighted by Crippen LogP contribution is 1.97. The molecule has 0 aromatic rings. The number of nitrogens with one attached hydrogen (secondary N) is 1. The minimum atomic E-state index is -0.528. The van der Waals surface area contributed by atoms with Gasteiger partial charge in [0.2, 0.25) is 5.91 Å². The summed E-state index contributed by atoms with van der Waals surface area (Å²) in [4.78, 5) is 21.9. The van der Waals surface area contributed by atoms with Crippen LogP contribution in [0.1, 0.15) is 26.2 Å². The minimum absolute atomic E-state index is 0.116. The van der Waals surface area contributed by atoms with Crippen LogP contribution >= 0.6 is 0 Å². The maximum Gasteiger partial charge on any atom is 0.325 e. The first-order chi connectivity index (χ1) is 6.61. The van der Waals surface area contributed by atoms with Gasteiger partial charge in [0.15, 0.2) is 0 Å². The lowest BCUT2D eigenvalue weighted by Crippen LogP contribution is -2.42. The third-order valence-corrected chi connectivity index (χ3v) is 1.84. The molecule has 0 saturated carbocycles. The molecule has 14 heavy (non-hydrogen) atoms. The van der Waals surface area contributed by atoms with Gasteiger partial charge < -0.3 is 15.8 Å². The second-order valence-electron chi connectivity index (χ2n) is 3.04. The Bertz CT molecular complexity index is 194. The molecule has 3 N–H and O–H groups in total. The van der Waals surface area contributed by atoms with Crippen LogP contribution in [0.3, 0.4) is 0 Å². The fourth-order valence-electron chi connectivity index (χ4n) is 0.918. The molecule has 0 aliphatic rings. The van der Waals surface area contributed by atoms with Crippen LogP contribution in [0.4, 0.5) is 0 Å². The zero-order valence-electron chi connectivity index (χ0n) is 8.71. The van der Waals surface area contributed by atoms with Crippen molar-refractivity contribution in [1.82, 2.24) is 5.32 Å². The van der Waals surface area contributed by atoms with Crippen molar-refractivity contribution in [2.45, 2.75) is 32.2 Å². The van der Waals surface area contributed by atoms with Crippen LogP contribution < -0.4 is 11.1 Å². The number of hydrogen-bond acceptors (Lipinski definition) is 4. The molecule has 0 aliphatic carbocycles. The largest absolute Gasteiger partial charge is 0.468 e. The standard InChI is InChI=1S/C9H18N2O3/c1-3-4-5-7(10)9(13)11-6-8(12)14-2/h7H,3-6,10H2,1-2H3,(H,11,13). The van der Waals surface area contributed by atoms with Gasteiger partial charge in [-0.3, -0.25) is 9.59 Å². The molecule has 5 nitrogen and oxygen atoms in total. The molecule has 0 aromatic heterocycles. The number of amides is 1. The van der Waals surface area contributed by atoms with Gasteiger partial charge in [0, 0.05) is 0 Å². The van der Waals surface area contributed by atoms with E-state index < -0.39 is 12.0 Å². The monoisotopic (exact) mass is 202 g/mol. The Balaban J connectivity index is 3.67. The molecule has 0 fully saturated rings.